The molecule has 122 valence electrons. The fraction of sp³-hybridized carbons (Fsp3) is 0.211. The van der Waals surface area contributed by atoms with E-state index in [0.717, 1.165) is 28.8 Å². The lowest BCUT2D eigenvalue weighted by molar-refractivity contribution is 0.0868. The van der Waals surface area contributed by atoms with Crippen molar-refractivity contribution in [3.8, 4) is 11.5 Å². The van der Waals surface area contributed by atoms with E-state index in [4.69, 9.17) is 14.3 Å². The molecule has 2 aromatic carbocycles. The Hall–Kier alpha value is -2.95. The summed E-state index contributed by atoms with van der Waals surface area (Å²) in [6.07, 6.45) is 2.64. The Morgan fingerprint density at radius 2 is 1.92 bits per heavy atom. The van der Waals surface area contributed by atoms with Gasteiger partial charge in [-0.2, -0.15) is 0 Å². The SMILES string of the molecule is COc1ccc(C2=NOC(c3c[nH]c4ccccc34)C2)cc1OC. The third kappa shape index (κ3) is 2.38. The van der Waals surface area contributed by atoms with Crippen molar-refractivity contribution in [1.29, 1.82) is 0 Å². The summed E-state index contributed by atoms with van der Waals surface area (Å²) in [4.78, 5) is 8.98. The molecule has 0 aliphatic carbocycles. The molecule has 5 nitrogen and oxygen atoms in total. The van der Waals surface area contributed by atoms with Gasteiger partial charge >= 0.3 is 0 Å². The minimum atomic E-state index is -0.0794. The Kier molecular flexibility index (Phi) is 3.61. The predicted octanol–water partition coefficient (Wildman–Crippen LogP) is 4.05. The van der Waals surface area contributed by atoms with E-state index in [9.17, 15) is 0 Å². The van der Waals surface area contributed by atoms with Gasteiger partial charge < -0.3 is 19.3 Å². The number of nitrogens with one attached hydrogen (secondary N) is 1. The maximum Gasteiger partial charge on any atom is 0.161 e. The molecule has 0 saturated carbocycles. The monoisotopic (exact) mass is 322 g/mol. The van der Waals surface area contributed by atoms with Crippen LogP contribution in [0.2, 0.25) is 0 Å². The van der Waals surface area contributed by atoms with Crippen molar-refractivity contribution in [2.24, 2.45) is 5.16 Å². The number of fused-ring (bicyclic) bond motifs is 1. The fourth-order valence-corrected chi connectivity index (χ4v) is 3.09. The Labute approximate surface area is 139 Å². The number of para-hydroxylation sites is 1. The van der Waals surface area contributed by atoms with Crippen LogP contribution in [-0.4, -0.2) is 24.9 Å². The summed E-state index contributed by atoms with van der Waals surface area (Å²) >= 11 is 0. The van der Waals surface area contributed by atoms with Crippen LogP contribution in [0.1, 0.15) is 23.7 Å². The van der Waals surface area contributed by atoms with Gasteiger partial charge in [0.1, 0.15) is 0 Å². The molecular weight excluding hydrogens is 304 g/mol. The molecule has 0 radical (unpaired) electrons. The van der Waals surface area contributed by atoms with Crippen molar-refractivity contribution in [2.45, 2.75) is 12.5 Å². The molecule has 1 atom stereocenters. The second kappa shape index (κ2) is 5.92. The highest BCUT2D eigenvalue weighted by Crippen LogP contribution is 2.35. The van der Waals surface area contributed by atoms with Gasteiger partial charge in [0.25, 0.3) is 0 Å². The summed E-state index contributed by atoms with van der Waals surface area (Å²) in [6, 6.07) is 14.0. The average Bonchev–Trinajstić information content (AvgIpc) is 3.27. The first-order chi connectivity index (χ1) is 11.8. The van der Waals surface area contributed by atoms with E-state index < -0.39 is 0 Å². The molecule has 0 bridgehead atoms. The normalized spacial score (nSPS) is 16.8. The number of hydrogen-bond donors (Lipinski definition) is 1. The van der Waals surface area contributed by atoms with E-state index in [0.29, 0.717) is 11.5 Å². The van der Waals surface area contributed by atoms with Crippen LogP contribution in [0.5, 0.6) is 11.5 Å². The molecule has 1 aliphatic heterocycles. The molecule has 4 rings (SSSR count). The Balaban J connectivity index is 1.60. The lowest BCUT2D eigenvalue weighted by Gasteiger charge is -2.09. The molecule has 1 aliphatic rings. The quantitative estimate of drug-likeness (QED) is 0.788. The summed E-state index contributed by atoms with van der Waals surface area (Å²) in [6.45, 7) is 0. The molecule has 2 heterocycles. The molecule has 0 fully saturated rings. The second-order valence-electron chi connectivity index (χ2n) is 5.70. The van der Waals surface area contributed by atoms with Gasteiger partial charge in [0.15, 0.2) is 17.6 Å². The van der Waals surface area contributed by atoms with Gasteiger partial charge in [0.05, 0.1) is 19.9 Å². The van der Waals surface area contributed by atoms with Gasteiger partial charge in [-0.3, -0.25) is 0 Å². The molecule has 24 heavy (non-hydrogen) atoms. The van der Waals surface area contributed by atoms with Crippen molar-refractivity contribution >= 4 is 16.6 Å². The van der Waals surface area contributed by atoms with Crippen molar-refractivity contribution in [3.63, 3.8) is 0 Å². The number of ether oxygens (including phenoxy) is 2. The zero-order valence-corrected chi connectivity index (χ0v) is 13.6. The number of aromatic amines is 1. The molecule has 1 unspecified atom stereocenters. The number of methoxy groups -OCH3 is 2. The van der Waals surface area contributed by atoms with Crippen molar-refractivity contribution in [3.05, 3.63) is 59.8 Å². The molecule has 5 heteroatoms. The Morgan fingerprint density at radius 3 is 2.75 bits per heavy atom. The van der Waals surface area contributed by atoms with Gasteiger partial charge in [-0.25, -0.2) is 0 Å². The van der Waals surface area contributed by atoms with Crippen molar-refractivity contribution in [1.82, 2.24) is 4.98 Å². The van der Waals surface area contributed by atoms with Crippen LogP contribution in [0.3, 0.4) is 0 Å². The van der Waals surface area contributed by atoms with Crippen LogP contribution >= 0.6 is 0 Å². The molecule has 1 aromatic heterocycles. The number of nitrogens with zero attached hydrogens (tertiary/aromatic N) is 1. The molecule has 3 aromatic rings. The highest BCUT2D eigenvalue weighted by molar-refractivity contribution is 6.02. The topological polar surface area (TPSA) is 55.8 Å². The standard InChI is InChI=1S/C19H18N2O3/c1-22-17-8-7-12(9-19(17)23-2)16-10-18(24-21-16)14-11-20-15-6-4-3-5-13(14)15/h3-9,11,18,20H,10H2,1-2H3. The maximum absolute atomic E-state index is 5.70. The van der Waals surface area contributed by atoms with Crippen LogP contribution in [0, 0.1) is 0 Å². The van der Waals surface area contributed by atoms with Crippen LogP contribution in [-0.2, 0) is 4.84 Å². The fourth-order valence-electron chi connectivity index (χ4n) is 3.09. The second-order valence-corrected chi connectivity index (χ2v) is 5.70. The maximum atomic E-state index is 5.70. The van der Waals surface area contributed by atoms with E-state index in [1.807, 2.05) is 36.5 Å². The van der Waals surface area contributed by atoms with Crippen molar-refractivity contribution in [2.75, 3.05) is 14.2 Å². The number of aromatic nitrogens is 1. The predicted molar refractivity (Wildman–Crippen MR) is 92.8 cm³/mol. The number of H-pyrrole nitrogens is 1. The van der Waals surface area contributed by atoms with E-state index in [1.165, 1.54) is 5.39 Å². The first-order valence-corrected chi connectivity index (χ1v) is 7.81. The molecule has 0 spiro atoms. The van der Waals surface area contributed by atoms with Gasteiger partial charge in [0, 0.05) is 34.6 Å². The third-order valence-corrected chi connectivity index (χ3v) is 4.35. The first-order valence-electron chi connectivity index (χ1n) is 7.81. The first kappa shape index (κ1) is 14.6. The van der Waals surface area contributed by atoms with E-state index >= 15 is 0 Å². The summed E-state index contributed by atoms with van der Waals surface area (Å²) in [5.74, 6) is 1.39. The summed E-state index contributed by atoms with van der Waals surface area (Å²) in [7, 11) is 3.25. The minimum absolute atomic E-state index is 0.0794. The summed E-state index contributed by atoms with van der Waals surface area (Å²) in [5, 5.41) is 5.46. The van der Waals surface area contributed by atoms with E-state index in [1.54, 1.807) is 14.2 Å². The van der Waals surface area contributed by atoms with Crippen LogP contribution in [0.15, 0.2) is 53.8 Å². The smallest absolute Gasteiger partial charge is 0.161 e. The average molecular weight is 322 g/mol. The van der Waals surface area contributed by atoms with Gasteiger partial charge in [-0.05, 0) is 24.3 Å². The number of hydrogen-bond acceptors (Lipinski definition) is 4. The molecule has 1 N–H and O–H groups in total. The number of benzene rings is 2. The minimum Gasteiger partial charge on any atom is -0.493 e. The number of oxime groups is 1. The largest absolute Gasteiger partial charge is 0.493 e. The summed E-state index contributed by atoms with van der Waals surface area (Å²) < 4.78 is 10.6. The van der Waals surface area contributed by atoms with Crippen LogP contribution in [0.4, 0.5) is 0 Å². The van der Waals surface area contributed by atoms with E-state index in [2.05, 4.69) is 22.3 Å². The Morgan fingerprint density at radius 1 is 1.08 bits per heavy atom. The lowest BCUT2D eigenvalue weighted by Crippen LogP contribution is -2.02. The van der Waals surface area contributed by atoms with Gasteiger partial charge in [-0.1, -0.05) is 23.4 Å². The van der Waals surface area contributed by atoms with Crippen LogP contribution < -0.4 is 9.47 Å². The number of rotatable bonds is 4. The van der Waals surface area contributed by atoms with Crippen molar-refractivity contribution < 1.29 is 14.3 Å². The molecule has 0 amide bonds. The zero-order valence-electron chi connectivity index (χ0n) is 13.6. The zero-order chi connectivity index (χ0) is 16.5. The molecule has 0 saturated heterocycles. The lowest BCUT2D eigenvalue weighted by atomic mass is 9.99. The molecular formula is C19H18N2O3. The van der Waals surface area contributed by atoms with Crippen LogP contribution in [0.25, 0.3) is 10.9 Å². The van der Waals surface area contributed by atoms with Gasteiger partial charge in [-0.15, -0.1) is 0 Å². The highest BCUT2D eigenvalue weighted by atomic mass is 16.6. The van der Waals surface area contributed by atoms with E-state index in [-0.39, 0.29) is 6.10 Å². The summed E-state index contributed by atoms with van der Waals surface area (Å²) in [5.41, 5.74) is 4.13. The third-order valence-electron chi connectivity index (χ3n) is 4.35. The Bertz CT molecular complexity index is 914. The highest BCUT2D eigenvalue weighted by Gasteiger charge is 2.26. The van der Waals surface area contributed by atoms with Gasteiger partial charge in [0.2, 0.25) is 0 Å².